The number of methoxy groups -OCH3 is 1. The maximum atomic E-state index is 13.1. The third-order valence-corrected chi connectivity index (χ3v) is 5.24. The van der Waals surface area contributed by atoms with Crippen LogP contribution in [-0.4, -0.2) is 31.8 Å². The second kappa shape index (κ2) is 6.72. The molecular formula is C21H22FNO3. The Kier molecular flexibility index (Phi) is 4.41. The Morgan fingerprint density at radius 2 is 2.04 bits per heavy atom. The van der Waals surface area contributed by atoms with Crippen LogP contribution >= 0.6 is 0 Å². The van der Waals surface area contributed by atoms with Crippen LogP contribution in [0.5, 0.6) is 5.75 Å². The van der Waals surface area contributed by atoms with Gasteiger partial charge in [-0.3, -0.25) is 4.79 Å². The van der Waals surface area contributed by atoms with E-state index in [1.807, 2.05) is 24.3 Å². The van der Waals surface area contributed by atoms with E-state index in [1.54, 1.807) is 19.2 Å². The highest BCUT2D eigenvalue weighted by molar-refractivity contribution is 5.83. The third-order valence-electron chi connectivity index (χ3n) is 5.24. The standard InChI is InChI=1S/C21H22FNO3/c1-25-12-21(11-15-4-2-3-5-19(15)26-13-21)23-20(24)18-10-17(18)14-6-8-16(22)9-7-14/h2-9,17-18H,10-13H2,1H3,(H,23,24). The minimum atomic E-state index is -0.559. The van der Waals surface area contributed by atoms with Gasteiger partial charge in [0.25, 0.3) is 0 Å². The van der Waals surface area contributed by atoms with Crippen LogP contribution in [-0.2, 0) is 16.0 Å². The van der Waals surface area contributed by atoms with Crippen molar-refractivity contribution in [3.8, 4) is 5.75 Å². The second-order valence-corrected chi connectivity index (χ2v) is 7.28. The van der Waals surface area contributed by atoms with Crippen LogP contribution in [0.25, 0.3) is 0 Å². The Labute approximate surface area is 152 Å². The molecule has 3 unspecified atom stereocenters. The van der Waals surface area contributed by atoms with Gasteiger partial charge in [0.2, 0.25) is 5.91 Å². The zero-order valence-electron chi connectivity index (χ0n) is 14.7. The molecule has 5 heteroatoms. The molecule has 2 aliphatic rings. The van der Waals surface area contributed by atoms with Gasteiger partial charge in [-0.15, -0.1) is 0 Å². The quantitative estimate of drug-likeness (QED) is 0.897. The fraction of sp³-hybridized carbons (Fsp3) is 0.381. The predicted molar refractivity (Wildman–Crippen MR) is 95.6 cm³/mol. The lowest BCUT2D eigenvalue weighted by Gasteiger charge is -2.38. The van der Waals surface area contributed by atoms with E-state index in [2.05, 4.69) is 5.32 Å². The fourth-order valence-electron chi connectivity index (χ4n) is 3.82. The average molecular weight is 355 g/mol. The van der Waals surface area contributed by atoms with Gasteiger partial charge in [-0.05, 0) is 41.7 Å². The molecule has 1 heterocycles. The number of carbonyl (C=O) groups excluding carboxylic acids is 1. The molecule has 3 atom stereocenters. The van der Waals surface area contributed by atoms with E-state index in [0.717, 1.165) is 23.3 Å². The predicted octanol–water partition coefficient (Wildman–Crippen LogP) is 3.07. The molecule has 136 valence electrons. The lowest BCUT2D eigenvalue weighted by molar-refractivity contribution is -0.126. The minimum absolute atomic E-state index is 0.0133. The zero-order chi connectivity index (χ0) is 18.1. The molecule has 0 bridgehead atoms. The Hall–Kier alpha value is -2.40. The number of nitrogens with one attached hydrogen (secondary N) is 1. The van der Waals surface area contributed by atoms with Crippen LogP contribution in [0.3, 0.4) is 0 Å². The number of para-hydroxylation sites is 1. The summed E-state index contributed by atoms with van der Waals surface area (Å²) in [6.45, 7) is 0.776. The van der Waals surface area contributed by atoms with Crippen molar-refractivity contribution in [2.45, 2.75) is 24.3 Å². The molecule has 1 saturated carbocycles. The molecule has 2 aromatic carbocycles. The summed E-state index contributed by atoms with van der Waals surface area (Å²) in [6, 6.07) is 14.3. The first kappa shape index (κ1) is 17.0. The lowest BCUT2D eigenvalue weighted by atomic mass is 9.89. The van der Waals surface area contributed by atoms with Gasteiger partial charge in [0, 0.05) is 19.4 Å². The van der Waals surface area contributed by atoms with Gasteiger partial charge < -0.3 is 14.8 Å². The average Bonchev–Trinajstić information content (AvgIpc) is 3.43. The monoisotopic (exact) mass is 355 g/mol. The van der Waals surface area contributed by atoms with E-state index >= 15 is 0 Å². The first-order valence-corrected chi connectivity index (χ1v) is 8.87. The van der Waals surface area contributed by atoms with Crippen molar-refractivity contribution >= 4 is 5.91 Å². The van der Waals surface area contributed by atoms with Crippen molar-refractivity contribution in [1.82, 2.24) is 5.32 Å². The molecule has 1 N–H and O–H groups in total. The molecule has 1 fully saturated rings. The normalized spacial score (nSPS) is 26.5. The molecule has 1 aliphatic heterocycles. The summed E-state index contributed by atoms with van der Waals surface area (Å²) in [4.78, 5) is 12.8. The van der Waals surface area contributed by atoms with Crippen molar-refractivity contribution in [3.63, 3.8) is 0 Å². The first-order valence-electron chi connectivity index (χ1n) is 8.87. The van der Waals surface area contributed by atoms with Gasteiger partial charge in [0.15, 0.2) is 0 Å². The third kappa shape index (κ3) is 3.31. The van der Waals surface area contributed by atoms with Crippen LogP contribution in [0.15, 0.2) is 48.5 Å². The summed E-state index contributed by atoms with van der Waals surface area (Å²) >= 11 is 0. The number of halogens is 1. The number of amides is 1. The topological polar surface area (TPSA) is 47.6 Å². The van der Waals surface area contributed by atoms with Gasteiger partial charge in [-0.1, -0.05) is 30.3 Å². The maximum Gasteiger partial charge on any atom is 0.224 e. The van der Waals surface area contributed by atoms with Crippen molar-refractivity contribution in [2.75, 3.05) is 20.3 Å². The molecule has 0 saturated heterocycles. The molecule has 0 spiro atoms. The number of carbonyl (C=O) groups is 1. The highest BCUT2D eigenvalue weighted by Gasteiger charge is 2.47. The van der Waals surface area contributed by atoms with E-state index in [4.69, 9.17) is 9.47 Å². The number of rotatable bonds is 5. The summed E-state index contributed by atoms with van der Waals surface area (Å²) in [7, 11) is 1.63. The lowest BCUT2D eigenvalue weighted by Crippen LogP contribution is -2.59. The van der Waals surface area contributed by atoms with Gasteiger partial charge in [0.1, 0.15) is 23.7 Å². The van der Waals surface area contributed by atoms with Gasteiger partial charge in [0.05, 0.1) is 6.61 Å². The van der Waals surface area contributed by atoms with Crippen molar-refractivity contribution in [1.29, 1.82) is 0 Å². The Balaban J connectivity index is 1.46. The van der Waals surface area contributed by atoms with Crippen LogP contribution in [0, 0.1) is 11.7 Å². The first-order chi connectivity index (χ1) is 12.6. The number of hydrogen-bond donors (Lipinski definition) is 1. The maximum absolute atomic E-state index is 13.1. The Bertz CT molecular complexity index is 807. The van der Waals surface area contributed by atoms with Crippen LogP contribution in [0.2, 0.25) is 0 Å². The largest absolute Gasteiger partial charge is 0.491 e. The highest BCUT2D eigenvalue weighted by Crippen LogP contribution is 2.48. The summed E-state index contributed by atoms with van der Waals surface area (Å²) in [6.07, 6.45) is 1.47. The second-order valence-electron chi connectivity index (χ2n) is 7.28. The summed E-state index contributed by atoms with van der Waals surface area (Å²) in [5.41, 5.74) is 1.52. The Morgan fingerprint density at radius 1 is 1.27 bits per heavy atom. The molecule has 4 nitrogen and oxygen atoms in total. The molecule has 4 rings (SSSR count). The molecule has 0 aromatic heterocycles. The molecule has 0 radical (unpaired) electrons. The summed E-state index contributed by atoms with van der Waals surface area (Å²) in [5.74, 6) is 0.703. The number of benzene rings is 2. The van der Waals surface area contributed by atoms with Crippen LogP contribution in [0.4, 0.5) is 4.39 Å². The molecule has 1 aliphatic carbocycles. The summed E-state index contributed by atoms with van der Waals surface area (Å²) in [5, 5.41) is 3.18. The molecule has 2 aromatic rings. The molecular weight excluding hydrogens is 333 g/mol. The van der Waals surface area contributed by atoms with Gasteiger partial charge in [-0.25, -0.2) is 4.39 Å². The van der Waals surface area contributed by atoms with E-state index < -0.39 is 5.54 Å². The molecule has 26 heavy (non-hydrogen) atoms. The van der Waals surface area contributed by atoms with Gasteiger partial charge in [-0.2, -0.15) is 0 Å². The smallest absolute Gasteiger partial charge is 0.224 e. The summed E-state index contributed by atoms with van der Waals surface area (Å²) < 4.78 is 24.4. The SMILES string of the molecule is COCC1(NC(=O)C2CC2c2ccc(F)cc2)COc2ccccc2C1. The number of hydrogen-bond acceptors (Lipinski definition) is 3. The fourth-order valence-corrected chi connectivity index (χ4v) is 3.82. The molecule has 1 amide bonds. The van der Waals surface area contributed by atoms with Gasteiger partial charge >= 0.3 is 0 Å². The number of ether oxygens (including phenoxy) is 2. The van der Waals surface area contributed by atoms with E-state index in [1.165, 1.54) is 12.1 Å². The minimum Gasteiger partial charge on any atom is -0.491 e. The van der Waals surface area contributed by atoms with E-state index in [0.29, 0.717) is 19.6 Å². The van der Waals surface area contributed by atoms with Crippen LogP contribution in [0.1, 0.15) is 23.5 Å². The van der Waals surface area contributed by atoms with Crippen LogP contribution < -0.4 is 10.1 Å². The number of fused-ring (bicyclic) bond motifs is 1. The van der Waals surface area contributed by atoms with Crippen molar-refractivity contribution in [3.05, 3.63) is 65.5 Å². The highest BCUT2D eigenvalue weighted by atomic mass is 19.1. The van der Waals surface area contributed by atoms with E-state index in [-0.39, 0.29) is 23.6 Å². The van der Waals surface area contributed by atoms with Crippen molar-refractivity contribution < 1.29 is 18.7 Å². The van der Waals surface area contributed by atoms with E-state index in [9.17, 15) is 9.18 Å². The van der Waals surface area contributed by atoms with Crippen molar-refractivity contribution in [2.24, 2.45) is 5.92 Å². The Morgan fingerprint density at radius 3 is 2.81 bits per heavy atom. The zero-order valence-corrected chi connectivity index (χ0v) is 14.7.